The van der Waals surface area contributed by atoms with Crippen molar-refractivity contribution >= 4 is 11.8 Å². The summed E-state index contributed by atoms with van der Waals surface area (Å²) in [5, 5.41) is 10.0. The number of hydrogen-bond donors (Lipinski definition) is 1. The molecule has 3 fully saturated rings. The fourth-order valence-electron chi connectivity index (χ4n) is 3.54. The van der Waals surface area contributed by atoms with Crippen LogP contribution in [-0.4, -0.2) is 84.9 Å². The number of carbonyl (C=O) groups excluding carboxylic acids is 2. The van der Waals surface area contributed by atoms with Crippen LogP contribution in [0.25, 0.3) is 0 Å². The molecule has 24 heavy (non-hydrogen) atoms. The van der Waals surface area contributed by atoms with Crippen LogP contribution in [0.1, 0.15) is 32.1 Å². The van der Waals surface area contributed by atoms with Crippen molar-refractivity contribution in [1.82, 2.24) is 9.80 Å². The average molecular weight is 340 g/mol. The van der Waals surface area contributed by atoms with Gasteiger partial charge in [-0.25, -0.2) is 0 Å². The summed E-state index contributed by atoms with van der Waals surface area (Å²) in [6, 6.07) is -0.0706. The number of rotatable bonds is 3. The summed E-state index contributed by atoms with van der Waals surface area (Å²) >= 11 is 0. The Morgan fingerprint density at radius 2 is 1.92 bits per heavy atom. The van der Waals surface area contributed by atoms with Gasteiger partial charge in [0.05, 0.1) is 37.9 Å². The molecule has 7 heteroatoms. The second-order valence-corrected chi connectivity index (χ2v) is 7.39. The van der Waals surface area contributed by atoms with E-state index in [1.807, 2.05) is 4.90 Å². The van der Waals surface area contributed by atoms with Crippen molar-refractivity contribution in [1.29, 1.82) is 0 Å². The average Bonchev–Trinajstić information content (AvgIpc) is 3.35. The van der Waals surface area contributed by atoms with E-state index in [2.05, 4.69) is 0 Å². The Labute approximate surface area is 142 Å². The molecule has 0 aromatic rings. The summed E-state index contributed by atoms with van der Waals surface area (Å²) in [6.07, 6.45) is 2.76. The van der Waals surface area contributed by atoms with Crippen LogP contribution in [0.4, 0.5) is 0 Å². The molecule has 0 bridgehead atoms. The Balaban J connectivity index is 1.67. The van der Waals surface area contributed by atoms with Gasteiger partial charge in [0.2, 0.25) is 11.8 Å². The van der Waals surface area contributed by atoms with Gasteiger partial charge in [-0.2, -0.15) is 0 Å². The van der Waals surface area contributed by atoms with Gasteiger partial charge in [-0.15, -0.1) is 0 Å². The largest absolute Gasteiger partial charge is 0.389 e. The van der Waals surface area contributed by atoms with Crippen LogP contribution in [0, 0.1) is 5.92 Å². The molecule has 0 unspecified atom stereocenters. The van der Waals surface area contributed by atoms with Crippen molar-refractivity contribution in [3.8, 4) is 0 Å². The molecule has 3 rings (SSSR count). The lowest BCUT2D eigenvalue weighted by Gasteiger charge is -2.44. The first kappa shape index (κ1) is 17.6. The monoisotopic (exact) mass is 340 g/mol. The lowest BCUT2D eigenvalue weighted by atomic mass is 9.94. The zero-order valence-corrected chi connectivity index (χ0v) is 14.5. The third-order valence-corrected chi connectivity index (χ3v) is 5.09. The minimum absolute atomic E-state index is 0.0477. The van der Waals surface area contributed by atoms with Crippen molar-refractivity contribution in [2.75, 3.05) is 33.9 Å². The molecule has 2 aliphatic heterocycles. The van der Waals surface area contributed by atoms with Crippen molar-refractivity contribution in [3.05, 3.63) is 0 Å². The highest BCUT2D eigenvalue weighted by Crippen LogP contribution is 2.35. The molecule has 0 aromatic carbocycles. The quantitative estimate of drug-likeness (QED) is 0.783. The number of aliphatic hydroxyl groups excluding tert-OH is 1. The maximum absolute atomic E-state index is 12.6. The minimum Gasteiger partial charge on any atom is -0.389 e. The number of fused-ring (bicyclic) bond motifs is 1. The molecule has 1 aliphatic carbocycles. The van der Waals surface area contributed by atoms with E-state index in [4.69, 9.17) is 9.47 Å². The zero-order valence-electron chi connectivity index (χ0n) is 14.5. The fourth-order valence-corrected chi connectivity index (χ4v) is 3.54. The minimum atomic E-state index is -0.651. The molecule has 1 saturated carbocycles. The third kappa shape index (κ3) is 4.07. The van der Waals surface area contributed by atoms with Crippen LogP contribution in [0.5, 0.6) is 0 Å². The first-order chi connectivity index (χ1) is 11.5. The van der Waals surface area contributed by atoms with Crippen LogP contribution in [0.3, 0.4) is 0 Å². The Hall–Kier alpha value is -1.18. The highest BCUT2D eigenvalue weighted by atomic mass is 16.5. The zero-order chi connectivity index (χ0) is 17.3. The summed E-state index contributed by atoms with van der Waals surface area (Å²) < 4.78 is 11.7. The number of β-amino-alcohol motifs (C(OH)–C–C–N with tert-alkyl or cyclic N) is 1. The molecule has 0 aromatic heterocycles. The van der Waals surface area contributed by atoms with Crippen molar-refractivity contribution in [2.24, 2.45) is 5.92 Å². The fraction of sp³-hybridized carbons (Fsp3) is 0.882. The highest BCUT2D eigenvalue weighted by Gasteiger charge is 2.43. The van der Waals surface area contributed by atoms with Gasteiger partial charge in [-0.05, 0) is 25.7 Å². The molecule has 3 aliphatic rings. The molecule has 0 radical (unpaired) electrons. The smallest absolute Gasteiger partial charge is 0.226 e. The summed E-state index contributed by atoms with van der Waals surface area (Å²) in [4.78, 5) is 27.9. The van der Waals surface area contributed by atoms with Gasteiger partial charge in [-0.1, -0.05) is 0 Å². The molecule has 2 saturated heterocycles. The molecule has 136 valence electrons. The van der Waals surface area contributed by atoms with E-state index in [1.165, 1.54) is 0 Å². The summed E-state index contributed by atoms with van der Waals surface area (Å²) in [5.74, 6) is 0.301. The van der Waals surface area contributed by atoms with Crippen molar-refractivity contribution < 1.29 is 24.2 Å². The Bertz CT molecular complexity index is 480. The van der Waals surface area contributed by atoms with E-state index in [0.717, 1.165) is 25.7 Å². The van der Waals surface area contributed by atoms with Crippen molar-refractivity contribution in [3.63, 3.8) is 0 Å². The molecule has 7 nitrogen and oxygen atoms in total. The van der Waals surface area contributed by atoms with E-state index in [0.29, 0.717) is 19.6 Å². The standard InChI is InChI=1S/C17H28N2O5/c1-18(2)16(21)7-13-5-6-14-15(24-13)10-23-9-12(20)8-19(14)17(22)11-3-4-11/h11-15,20H,3-10H2,1-2H3/t12-,13-,14-,15+/m1/s1. The van der Waals surface area contributed by atoms with Gasteiger partial charge in [-0.3, -0.25) is 9.59 Å². The van der Waals surface area contributed by atoms with E-state index in [1.54, 1.807) is 19.0 Å². The maximum Gasteiger partial charge on any atom is 0.226 e. The number of ether oxygens (including phenoxy) is 2. The van der Waals surface area contributed by atoms with Crippen LogP contribution in [-0.2, 0) is 19.1 Å². The second kappa shape index (κ2) is 7.37. The lowest BCUT2D eigenvalue weighted by Crippen LogP contribution is -2.57. The number of carbonyl (C=O) groups is 2. The van der Waals surface area contributed by atoms with Crippen LogP contribution < -0.4 is 0 Å². The summed E-state index contributed by atoms with van der Waals surface area (Å²) in [7, 11) is 3.48. The predicted molar refractivity (Wildman–Crippen MR) is 86.3 cm³/mol. The van der Waals surface area contributed by atoms with Gasteiger partial charge in [0.1, 0.15) is 6.10 Å². The maximum atomic E-state index is 12.6. The van der Waals surface area contributed by atoms with Gasteiger partial charge in [0.25, 0.3) is 0 Å². The molecular formula is C17H28N2O5. The number of hydrogen-bond acceptors (Lipinski definition) is 5. The molecule has 1 N–H and O–H groups in total. The van der Waals surface area contributed by atoms with E-state index in [-0.39, 0.29) is 42.6 Å². The first-order valence-electron chi connectivity index (χ1n) is 8.87. The Morgan fingerprint density at radius 1 is 1.17 bits per heavy atom. The normalized spacial score (nSPS) is 34.0. The predicted octanol–water partition coefficient (Wildman–Crippen LogP) is 0.0106. The van der Waals surface area contributed by atoms with E-state index >= 15 is 0 Å². The molecule has 2 amide bonds. The number of aliphatic hydroxyl groups is 1. The molecule has 0 spiro atoms. The molecular weight excluding hydrogens is 312 g/mol. The number of nitrogens with zero attached hydrogens (tertiary/aromatic N) is 2. The number of amides is 2. The van der Waals surface area contributed by atoms with E-state index in [9.17, 15) is 14.7 Å². The van der Waals surface area contributed by atoms with Crippen LogP contribution in [0.2, 0.25) is 0 Å². The van der Waals surface area contributed by atoms with Gasteiger partial charge in [0, 0.05) is 26.6 Å². The summed E-state index contributed by atoms with van der Waals surface area (Å²) in [5.41, 5.74) is 0. The topological polar surface area (TPSA) is 79.3 Å². The van der Waals surface area contributed by atoms with Gasteiger partial charge in [0.15, 0.2) is 0 Å². The van der Waals surface area contributed by atoms with Gasteiger partial charge < -0.3 is 24.4 Å². The van der Waals surface area contributed by atoms with E-state index < -0.39 is 6.10 Å². The summed E-state index contributed by atoms with van der Waals surface area (Å²) in [6.45, 7) is 0.867. The highest BCUT2D eigenvalue weighted by molar-refractivity contribution is 5.81. The van der Waals surface area contributed by atoms with Crippen molar-refractivity contribution in [2.45, 2.75) is 56.5 Å². The Morgan fingerprint density at radius 3 is 2.58 bits per heavy atom. The van der Waals surface area contributed by atoms with Gasteiger partial charge >= 0.3 is 0 Å². The lowest BCUT2D eigenvalue weighted by molar-refractivity contribution is -0.171. The third-order valence-electron chi connectivity index (χ3n) is 5.09. The van der Waals surface area contributed by atoms with Crippen LogP contribution >= 0.6 is 0 Å². The Kier molecular flexibility index (Phi) is 5.42. The second-order valence-electron chi connectivity index (χ2n) is 7.39. The SMILES string of the molecule is CN(C)C(=O)C[C@H]1CC[C@@H]2[C@H](COC[C@H](O)CN2C(=O)C2CC2)O1. The molecule has 2 heterocycles. The first-order valence-corrected chi connectivity index (χ1v) is 8.87. The molecule has 4 atom stereocenters. The van der Waals surface area contributed by atoms with Crippen LogP contribution in [0.15, 0.2) is 0 Å².